The fraction of sp³-hybridized carbons (Fsp3) is 0. The van der Waals surface area contributed by atoms with E-state index in [0.717, 1.165) is 60.0 Å². The van der Waals surface area contributed by atoms with E-state index in [9.17, 15) is 0 Å². The summed E-state index contributed by atoms with van der Waals surface area (Å²) in [5.41, 5.74) is 5.31. The number of benzene rings is 5. The van der Waals surface area contributed by atoms with Crippen molar-refractivity contribution in [1.82, 2.24) is 4.98 Å². The highest BCUT2D eigenvalue weighted by molar-refractivity contribution is 7.85. The summed E-state index contributed by atoms with van der Waals surface area (Å²) in [6, 6.07) is 39.3. The number of rotatable bonds is 1. The van der Waals surface area contributed by atoms with Crippen molar-refractivity contribution < 1.29 is 4.57 Å². The summed E-state index contributed by atoms with van der Waals surface area (Å²) < 4.78 is 15.4. The van der Waals surface area contributed by atoms with Gasteiger partial charge in [-0.25, -0.2) is 0 Å². The van der Waals surface area contributed by atoms with Crippen LogP contribution in [0.25, 0.3) is 44.1 Å². The molecule has 156 valence electrons. The van der Waals surface area contributed by atoms with Crippen LogP contribution in [-0.2, 0) is 4.57 Å². The number of fused-ring (bicyclic) bond motifs is 8. The monoisotopic (exact) mass is 441 g/mol. The molecule has 7 rings (SSSR count). The van der Waals surface area contributed by atoms with Gasteiger partial charge < -0.3 is 9.55 Å². The third-order valence-corrected chi connectivity index (χ3v) is 9.97. The highest BCUT2D eigenvalue weighted by atomic mass is 31.2. The molecule has 6 aromatic rings. The van der Waals surface area contributed by atoms with Crippen molar-refractivity contribution in [2.24, 2.45) is 0 Å². The van der Waals surface area contributed by atoms with E-state index in [0.29, 0.717) is 0 Å². The zero-order valence-electron chi connectivity index (χ0n) is 17.8. The molecule has 1 aromatic heterocycles. The molecule has 33 heavy (non-hydrogen) atoms. The van der Waals surface area contributed by atoms with Crippen molar-refractivity contribution in [3.63, 3.8) is 0 Å². The van der Waals surface area contributed by atoms with Crippen molar-refractivity contribution in [2.45, 2.75) is 0 Å². The lowest BCUT2D eigenvalue weighted by molar-refractivity contribution is 0.592. The number of nitrogens with one attached hydrogen (secondary N) is 1. The number of para-hydroxylation sites is 1. The second-order valence-corrected chi connectivity index (χ2v) is 11.3. The van der Waals surface area contributed by atoms with E-state index in [-0.39, 0.29) is 0 Å². The zero-order chi connectivity index (χ0) is 22.0. The maximum absolute atomic E-state index is 15.4. The third kappa shape index (κ3) is 2.53. The summed E-state index contributed by atoms with van der Waals surface area (Å²) in [5.74, 6) is 0. The Morgan fingerprint density at radius 3 is 2.06 bits per heavy atom. The van der Waals surface area contributed by atoms with Gasteiger partial charge in [0.25, 0.3) is 0 Å². The number of hydrogen-bond donors (Lipinski definition) is 1. The van der Waals surface area contributed by atoms with Crippen LogP contribution < -0.4 is 15.9 Å². The molecule has 0 fully saturated rings. The predicted molar refractivity (Wildman–Crippen MR) is 140 cm³/mol. The number of aromatic amines is 1. The minimum absolute atomic E-state index is 0.871. The van der Waals surface area contributed by atoms with Crippen molar-refractivity contribution in [1.29, 1.82) is 0 Å². The summed E-state index contributed by atoms with van der Waals surface area (Å²) in [6.45, 7) is 0. The minimum Gasteiger partial charge on any atom is -0.354 e. The molecule has 0 spiro atoms. The Labute approximate surface area is 191 Å². The predicted octanol–water partition coefficient (Wildman–Crippen LogP) is 6.61. The van der Waals surface area contributed by atoms with Crippen LogP contribution in [0.4, 0.5) is 0 Å². The Kier molecular flexibility index (Phi) is 3.86. The molecule has 2 nitrogen and oxygen atoms in total. The first-order valence-electron chi connectivity index (χ1n) is 11.2. The average molecular weight is 441 g/mol. The maximum atomic E-state index is 15.4. The van der Waals surface area contributed by atoms with Gasteiger partial charge in [-0.3, -0.25) is 0 Å². The standard InChI is InChI=1S/C30H20NOP/c32-33(22-18-17-20-9-1-2-10-21(20)19-22)27-15-7-4-12-24(27)29-23-11-3-6-14-26(23)31-30(29)25-13-5-8-16-28(25)33/h1-19,31H. The molecule has 1 atom stereocenters. The van der Waals surface area contributed by atoms with Gasteiger partial charge in [0.1, 0.15) is 0 Å². The SMILES string of the molecule is O=P1(c2ccc3ccccc3c2)c2ccccc2-c2[nH]c3ccccc3c2-c2ccccc21. The van der Waals surface area contributed by atoms with E-state index in [1.54, 1.807) is 0 Å². The summed E-state index contributed by atoms with van der Waals surface area (Å²) in [7, 11) is -3.14. The van der Waals surface area contributed by atoms with Crippen LogP contribution >= 0.6 is 7.14 Å². The number of H-pyrrole nitrogens is 1. The Balaban J connectivity index is 1.66. The van der Waals surface area contributed by atoms with Gasteiger partial charge in [-0.15, -0.1) is 0 Å². The number of aromatic nitrogens is 1. The second kappa shape index (κ2) is 6.81. The molecule has 0 amide bonds. The molecule has 2 heterocycles. The van der Waals surface area contributed by atoms with Crippen molar-refractivity contribution in [3.05, 3.63) is 115 Å². The minimum atomic E-state index is -3.14. The van der Waals surface area contributed by atoms with E-state index in [4.69, 9.17) is 0 Å². The second-order valence-electron chi connectivity index (χ2n) is 8.60. The Morgan fingerprint density at radius 2 is 1.21 bits per heavy atom. The van der Waals surface area contributed by atoms with Gasteiger partial charge in [0.2, 0.25) is 0 Å². The molecule has 0 saturated heterocycles. The molecular formula is C30H20NOP. The summed E-state index contributed by atoms with van der Waals surface area (Å²) >= 11 is 0. The topological polar surface area (TPSA) is 32.9 Å². The quantitative estimate of drug-likeness (QED) is 0.286. The van der Waals surface area contributed by atoms with Crippen LogP contribution in [0, 0.1) is 0 Å². The molecule has 1 N–H and O–H groups in total. The Bertz CT molecular complexity index is 1760. The first-order chi connectivity index (χ1) is 16.2. The lowest BCUT2D eigenvalue weighted by Gasteiger charge is -2.22. The molecule has 0 radical (unpaired) electrons. The van der Waals surface area contributed by atoms with E-state index < -0.39 is 7.14 Å². The molecule has 1 aliphatic heterocycles. The van der Waals surface area contributed by atoms with Gasteiger partial charge in [0.05, 0.1) is 5.69 Å². The Morgan fingerprint density at radius 1 is 0.576 bits per heavy atom. The van der Waals surface area contributed by atoms with Gasteiger partial charge >= 0.3 is 0 Å². The van der Waals surface area contributed by atoms with Crippen LogP contribution in [0.3, 0.4) is 0 Å². The average Bonchev–Trinajstić information content (AvgIpc) is 3.23. The van der Waals surface area contributed by atoms with Gasteiger partial charge in [-0.2, -0.15) is 0 Å². The van der Waals surface area contributed by atoms with E-state index >= 15 is 4.57 Å². The molecule has 5 aromatic carbocycles. The summed E-state index contributed by atoms with van der Waals surface area (Å²) in [6.07, 6.45) is 0. The van der Waals surface area contributed by atoms with Gasteiger partial charge in [0, 0.05) is 37.9 Å². The first kappa shape index (κ1) is 18.7. The molecular weight excluding hydrogens is 421 g/mol. The summed E-state index contributed by atoms with van der Waals surface area (Å²) in [5, 5.41) is 6.07. The largest absolute Gasteiger partial charge is 0.354 e. The van der Waals surface area contributed by atoms with Crippen LogP contribution in [-0.4, -0.2) is 4.98 Å². The number of hydrogen-bond acceptors (Lipinski definition) is 1. The molecule has 3 heteroatoms. The van der Waals surface area contributed by atoms with Crippen LogP contribution in [0.2, 0.25) is 0 Å². The van der Waals surface area contributed by atoms with Crippen molar-refractivity contribution >= 4 is 44.7 Å². The van der Waals surface area contributed by atoms with Crippen LogP contribution in [0.5, 0.6) is 0 Å². The van der Waals surface area contributed by atoms with Crippen LogP contribution in [0.1, 0.15) is 0 Å². The van der Waals surface area contributed by atoms with E-state index in [1.807, 2.05) is 42.5 Å². The molecule has 0 saturated carbocycles. The zero-order valence-corrected chi connectivity index (χ0v) is 18.7. The van der Waals surface area contributed by atoms with E-state index in [2.05, 4.69) is 77.8 Å². The van der Waals surface area contributed by atoms with Gasteiger partial charge in [0.15, 0.2) is 7.14 Å². The Hall–Kier alpha value is -3.87. The van der Waals surface area contributed by atoms with Crippen molar-refractivity contribution in [3.8, 4) is 22.4 Å². The smallest absolute Gasteiger partial charge is 0.172 e. The fourth-order valence-corrected chi connectivity index (χ4v) is 8.39. The van der Waals surface area contributed by atoms with Gasteiger partial charge in [-0.1, -0.05) is 103 Å². The molecule has 0 aliphatic carbocycles. The molecule has 1 aliphatic rings. The normalized spacial score (nSPS) is 16.7. The van der Waals surface area contributed by atoms with Gasteiger partial charge in [-0.05, 0) is 28.5 Å². The summed E-state index contributed by atoms with van der Waals surface area (Å²) in [4.78, 5) is 3.65. The van der Waals surface area contributed by atoms with E-state index in [1.165, 1.54) is 0 Å². The van der Waals surface area contributed by atoms with Crippen molar-refractivity contribution in [2.75, 3.05) is 0 Å². The first-order valence-corrected chi connectivity index (χ1v) is 12.9. The van der Waals surface area contributed by atoms with Crippen LogP contribution in [0.15, 0.2) is 115 Å². The third-order valence-electron chi connectivity index (χ3n) is 6.83. The lowest BCUT2D eigenvalue weighted by Crippen LogP contribution is -2.26. The fourth-order valence-electron chi connectivity index (χ4n) is 5.32. The lowest BCUT2D eigenvalue weighted by atomic mass is 9.98. The highest BCUT2D eigenvalue weighted by Crippen LogP contribution is 2.52. The maximum Gasteiger partial charge on any atom is 0.172 e. The molecule has 1 unspecified atom stereocenters. The highest BCUT2D eigenvalue weighted by Gasteiger charge is 2.38. The molecule has 0 bridgehead atoms.